The monoisotopic (exact) mass is 260 g/mol. The Labute approximate surface area is 103 Å². The highest BCUT2D eigenvalue weighted by atomic mass is 32.1. The van der Waals surface area contributed by atoms with Crippen LogP contribution in [0.4, 0.5) is 0 Å². The minimum atomic E-state index is 0.232. The summed E-state index contributed by atoms with van der Waals surface area (Å²) in [6.45, 7) is 0. The lowest BCUT2D eigenvalue weighted by atomic mass is 10.1. The zero-order chi connectivity index (χ0) is 9.56. The van der Waals surface area contributed by atoms with Crippen molar-refractivity contribution >= 4 is 63.1 Å². The summed E-state index contributed by atoms with van der Waals surface area (Å²) in [5.41, 5.74) is 0. The van der Waals surface area contributed by atoms with Gasteiger partial charge in [-0.3, -0.25) is 0 Å². The van der Waals surface area contributed by atoms with E-state index >= 15 is 0 Å². The van der Waals surface area contributed by atoms with Crippen molar-refractivity contribution in [3.05, 3.63) is 0 Å². The van der Waals surface area contributed by atoms with E-state index in [1.807, 2.05) is 0 Å². The lowest BCUT2D eigenvalue weighted by Crippen LogP contribution is -2.26. The summed E-state index contributed by atoms with van der Waals surface area (Å²) in [6, 6.07) is 0. The second-order valence-electron chi connectivity index (χ2n) is 2.65. The second-order valence-corrected chi connectivity index (χ2v) is 5.47. The molecular formula is C7H16S5. The summed E-state index contributed by atoms with van der Waals surface area (Å²) >= 11 is 21.6. The van der Waals surface area contributed by atoms with Gasteiger partial charge in [0.25, 0.3) is 0 Å². The van der Waals surface area contributed by atoms with Gasteiger partial charge in [0.1, 0.15) is 0 Å². The van der Waals surface area contributed by atoms with E-state index in [0.717, 1.165) is 24.3 Å². The predicted octanol–water partition coefficient (Wildman–Crippen LogP) is 2.52. The quantitative estimate of drug-likeness (QED) is 0.446. The molecule has 74 valence electrons. The predicted molar refractivity (Wildman–Crippen MR) is 75.3 cm³/mol. The van der Waals surface area contributed by atoms with Gasteiger partial charge in [-0.2, -0.15) is 63.1 Å². The van der Waals surface area contributed by atoms with Crippen LogP contribution in [0.5, 0.6) is 0 Å². The molecule has 0 bridgehead atoms. The third-order valence-corrected chi connectivity index (χ3v) is 4.50. The Balaban J connectivity index is 3.73. The molecule has 0 aromatic rings. The summed E-state index contributed by atoms with van der Waals surface area (Å²) in [7, 11) is 0. The van der Waals surface area contributed by atoms with Gasteiger partial charge in [0.05, 0.1) is 0 Å². The summed E-state index contributed by atoms with van der Waals surface area (Å²) in [6.07, 6.45) is 1.95. The van der Waals surface area contributed by atoms with Crippen LogP contribution in [-0.2, 0) is 0 Å². The SMILES string of the molecule is SCCC(S)C(S)C(S)CCS. The van der Waals surface area contributed by atoms with E-state index in [0.29, 0.717) is 0 Å². The molecule has 0 radical (unpaired) electrons. The number of hydrogen-bond acceptors (Lipinski definition) is 5. The normalized spacial score (nSPS) is 18.8. The van der Waals surface area contributed by atoms with E-state index in [4.69, 9.17) is 0 Å². The lowest BCUT2D eigenvalue weighted by molar-refractivity contribution is 0.719. The molecule has 0 saturated carbocycles. The van der Waals surface area contributed by atoms with Crippen molar-refractivity contribution in [2.24, 2.45) is 0 Å². The summed E-state index contributed by atoms with van der Waals surface area (Å²) in [5.74, 6) is 1.71. The molecule has 0 N–H and O–H groups in total. The van der Waals surface area contributed by atoms with Gasteiger partial charge >= 0.3 is 0 Å². The zero-order valence-electron chi connectivity index (χ0n) is 6.80. The van der Waals surface area contributed by atoms with Crippen LogP contribution in [0.1, 0.15) is 12.8 Å². The van der Waals surface area contributed by atoms with Crippen molar-refractivity contribution in [2.45, 2.75) is 28.6 Å². The van der Waals surface area contributed by atoms with Gasteiger partial charge in [-0.15, -0.1) is 0 Å². The van der Waals surface area contributed by atoms with E-state index in [-0.39, 0.29) is 15.7 Å². The van der Waals surface area contributed by atoms with Crippen LogP contribution in [0.15, 0.2) is 0 Å². The first-order chi connectivity index (χ1) is 5.63. The molecule has 0 heterocycles. The number of thiol groups is 5. The van der Waals surface area contributed by atoms with E-state index < -0.39 is 0 Å². The highest BCUT2D eigenvalue weighted by Gasteiger charge is 2.20. The average Bonchev–Trinajstić information content (AvgIpc) is 2.04. The third-order valence-electron chi connectivity index (χ3n) is 1.64. The topological polar surface area (TPSA) is 0 Å². The molecule has 0 aromatic heterocycles. The molecule has 2 unspecified atom stereocenters. The van der Waals surface area contributed by atoms with Gasteiger partial charge in [0, 0.05) is 15.7 Å². The Morgan fingerprint density at radius 1 is 0.750 bits per heavy atom. The highest BCUT2D eigenvalue weighted by Crippen LogP contribution is 2.22. The Hall–Kier alpha value is 1.75. The fourth-order valence-electron chi connectivity index (χ4n) is 0.862. The van der Waals surface area contributed by atoms with Gasteiger partial charge in [-0.05, 0) is 24.3 Å². The van der Waals surface area contributed by atoms with Crippen molar-refractivity contribution < 1.29 is 0 Å². The van der Waals surface area contributed by atoms with Crippen LogP contribution in [0, 0.1) is 0 Å². The Morgan fingerprint density at radius 2 is 1.08 bits per heavy atom. The van der Waals surface area contributed by atoms with Crippen molar-refractivity contribution in [1.82, 2.24) is 0 Å². The molecule has 0 nitrogen and oxygen atoms in total. The van der Waals surface area contributed by atoms with Crippen LogP contribution in [0.2, 0.25) is 0 Å². The van der Waals surface area contributed by atoms with Gasteiger partial charge in [0.15, 0.2) is 0 Å². The Kier molecular flexibility index (Phi) is 9.27. The molecule has 0 rings (SSSR count). The first-order valence-corrected chi connectivity index (χ1v) is 6.70. The van der Waals surface area contributed by atoms with Crippen molar-refractivity contribution in [1.29, 1.82) is 0 Å². The summed E-state index contributed by atoms with van der Waals surface area (Å²) in [5, 5.41) is 0.803. The van der Waals surface area contributed by atoms with E-state index in [2.05, 4.69) is 63.1 Å². The average molecular weight is 261 g/mol. The van der Waals surface area contributed by atoms with Gasteiger partial charge in [-0.1, -0.05) is 0 Å². The fourth-order valence-corrected chi connectivity index (χ4v) is 2.93. The molecule has 12 heavy (non-hydrogen) atoms. The van der Waals surface area contributed by atoms with E-state index in [1.54, 1.807) is 0 Å². The smallest absolute Gasteiger partial charge is 0.0250 e. The van der Waals surface area contributed by atoms with Gasteiger partial charge < -0.3 is 0 Å². The molecule has 0 aliphatic heterocycles. The second kappa shape index (κ2) is 8.09. The van der Waals surface area contributed by atoms with Crippen LogP contribution in [0.25, 0.3) is 0 Å². The molecule has 0 spiro atoms. The summed E-state index contributed by atoms with van der Waals surface area (Å²) in [4.78, 5) is 0. The standard InChI is InChI=1S/C7H16S5/c8-3-1-5(10)7(12)6(11)2-4-9/h5-12H,1-4H2. The van der Waals surface area contributed by atoms with Crippen LogP contribution >= 0.6 is 63.1 Å². The van der Waals surface area contributed by atoms with Gasteiger partial charge in [0.2, 0.25) is 0 Å². The maximum Gasteiger partial charge on any atom is 0.0250 e. The Bertz CT molecular complexity index is 96.0. The minimum Gasteiger partial charge on any atom is -0.179 e. The van der Waals surface area contributed by atoms with Crippen LogP contribution in [0.3, 0.4) is 0 Å². The lowest BCUT2D eigenvalue weighted by Gasteiger charge is -2.22. The molecule has 0 fully saturated rings. The largest absolute Gasteiger partial charge is 0.179 e. The molecule has 2 atom stereocenters. The molecule has 0 aliphatic rings. The fraction of sp³-hybridized carbons (Fsp3) is 1.00. The molecule has 0 amide bonds. The van der Waals surface area contributed by atoms with Gasteiger partial charge in [-0.25, -0.2) is 0 Å². The minimum absolute atomic E-state index is 0.232. The molecule has 0 aliphatic carbocycles. The zero-order valence-corrected chi connectivity index (χ0v) is 11.3. The van der Waals surface area contributed by atoms with E-state index in [9.17, 15) is 0 Å². The number of hydrogen-bond donors (Lipinski definition) is 5. The number of rotatable bonds is 6. The maximum atomic E-state index is 4.47. The molecule has 0 saturated heterocycles. The van der Waals surface area contributed by atoms with E-state index in [1.165, 1.54) is 0 Å². The summed E-state index contributed by atoms with van der Waals surface area (Å²) < 4.78 is 0. The first kappa shape index (κ1) is 13.8. The first-order valence-electron chi connectivity index (χ1n) is 3.89. The van der Waals surface area contributed by atoms with Crippen LogP contribution in [-0.4, -0.2) is 27.3 Å². The third kappa shape index (κ3) is 5.47. The van der Waals surface area contributed by atoms with Crippen LogP contribution < -0.4 is 0 Å². The molecular weight excluding hydrogens is 244 g/mol. The highest BCUT2D eigenvalue weighted by molar-refractivity contribution is 7.87. The maximum absolute atomic E-state index is 4.47. The Morgan fingerprint density at radius 3 is 1.33 bits per heavy atom. The van der Waals surface area contributed by atoms with Crippen molar-refractivity contribution in [3.8, 4) is 0 Å². The van der Waals surface area contributed by atoms with Crippen molar-refractivity contribution in [2.75, 3.05) is 11.5 Å². The molecule has 5 heteroatoms. The van der Waals surface area contributed by atoms with Crippen molar-refractivity contribution in [3.63, 3.8) is 0 Å². The molecule has 0 aromatic carbocycles.